The van der Waals surface area contributed by atoms with Crippen LogP contribution >= 0.6 is 0 Å². The monoisotopic (exact) mass is 228 g/mol. The van der Waals surface area contributed by atoms with Gasteiger partial charge in [-0.15, -0.1) is 0 Å². The molecule has 1 aromatic carbocycles. The van der Waals surface area contributed by atoms with Crippen molar-refractivity contribution in [1.82, 2.24) is 9.97 Å². The number of carbonyl (C=O) groups is 1. The van der Waals surface area contributed by atoms with E-state index in [1.165, 1.54) is 6.20 Å². The largest absolute Gasteiger partial charge is 0.481 e. The molecule has 17 heavy (non-hydrogen) atoms. The van der Waals surface area contributed by atoms with Gasteiger partial charge >= 0.3 is 5.97 Å². The molecule has 0 spiro atoms. The second-order valence-electron chi connectivity index (χ2n) is 3.79. The number of aryl methyl sites for hydroxylation is 1. The molecule has 0 saturated heterocycles. The Balaban J connectivity index is 2.44. The highest BCUT2D eigenvalue weighted by Gasteiger charge is 2.10. The van der Waals surface area contributed by atoms with Gasteiger partial charge in [-0.05, 0) is 6.92 Å². The number of nitrogens with zero attached hydrogens (tertiary/aromatic N) is 2. The number of aliphatic carboxylic acids is 1. The smallest absolute Gasteiger partial charge is 0.309 e. The first kappa shape index (κ1) is 11.3. The second-order valence-corrected chi connectivity index (χ2v) is 3.79. The fourth-order valence-electron chi connectivity index (χ4n) is 1.59. The molecule has 0 saturated carbocycles. The summed E-state index contributed by atoms with van der Waals surface area (Å²) in [6.07, 6.45) is 2.97. The third-order valence-corrected chi connectivity index (χ3v) is 2.42. The van der Waals surface area contributed by atoms with Crippen molar-refractivity contribution in [2.75, 3.05) is 0 Å². The van der Waals surface area contributed by atoms with E-state index in [4.69, 9.17) is 5.11 Å². The van der Waals surface area contributed by atoms with Crippen molar-refractivity contribution >= 4 is 5.97 Å². The maximum atomic E-state index is 10.7. The van der Waals surface area contributed by atoms with Crippen molar-refractivity contribution in [3.8, 4) is 11.3 Å². The van der Waals surface area contributed by atoms with Gasteiger partial charge in [-0.2, -0.15) is 0 Å². The molecule has 4 nitrogen and oxygen atoms in total. The number of hydrogen-bond acceptors (Lipinski definition) is 3. The Kier molecular flexibility index (Phi) is 3.14. The van der Waals surface area contributed by atoms with Gasteiger partial charge in [0.15, 0.2) is 0 Å². The summed E-state index contributed by atoms with van der Waals surface area (Å²) in [7, 11) is 0. The average Bonchev–Trinajstić information content (AvgIpc) is 2.30. The summed E-state index contributed by atoms with van der Waals surface area (Å²) in [5, 5.41) is 8.81. The number of rotatable bonds is 3. The molecule has 1 heterocycles. The van der Waals surface area contributed by atoms with Gasteiger partial charge in [-0.25, -0.2) is 0 Å². The van der Waals surface area contributed by atoms with E-state index in [2.05, 4.69) is 9.97 Å². The molecule has 0 aliphatic heterocycles. The van der Waals surface area contributed by atoms with E-state index in [0.717, 1.165) is 11.1 Å². The molecule has 0 unspecified atom stereocenters. The van der Waals surface area contributed by atoms with Crippen LogP contribution in [-0.2, 0) is 11.2 Å². The highest BCUT2D eigenvalue weighted by molar-refractivity contribution is 5.73. The molecule has 0 fully saturated rings. The lowest BCUT2D eigenvalue weighted by Crippen LogP contribution is -2.05. The summed E-state index contributed by atoms with van der Waals surface area (Å²) >= 11 is 0. The molecule has 1 N–H and O–H groups in total. The second kappa shape index (κ2) is 4.74. The van der Waals surface area contributed by atoms with E-state index in [-0.39, 0.29) is 6.42 Å². The van der Waals surface area contributed by atoms with Crippen LogP contribution in [0.15, 0.2) is 36.7 Å². The van der Waals surface area contributed by atoms with E-state index < -0.39 is 5.97 Å². The van der Waals surface area contributed by atoms with Gasteiger partial charge in [0.05, 0.1) is 17.8 Å². The molecule has 0 amide bonds. The Morgan fingerprint density at radius 3 is 2.47 bits per heavy atom. The first-order valence-corrected chi connectivity index (χ1v) is 5.25. The molecular weight excluding hydrogens is 216 g/mol. The van der Waals surface area contributed by atoms with Crippen LogP contribution in [0.1, 0.15) is 11.3 Å². The highest BCUT2D eigenvalue weighted by Crippen LogP contribution is 2.20. The SMILES string of the molecule is Cc1ccc(-c2nccnc2CC(=O)O)cc1. The van der Waals surface area contributed by atoms with Gasteiger partial charge in [-0.1, -0.05) is 29.8 Å². The van der Waals surface area contributed by atoms with Gasteiger partial charge in [0.2, 0.25) is 0 Å². The standard InChI is InChI=1S/C13H12N2O2/c1-9-2-4-10(5-3-9)13-11(8-12(16)17)14-6-7-15-13/h2-7H,8H2,1H3,(H,16,17). The number of carboxylic acids is 1. The summed E-state index contributed by atoms with van der Waals surface area (Å²) < 4.78 is 0. The van der Waals surface area contributed by atoms with Crippen molar-refractivity contribution in [3.63, 3.8) is 0 Å². The predicted molar refractivity (Wildman–Crippen MR) is 63.5 cm³/mol. The van der Waals surface area contributed by atoms with Crippen LogP contribution in [0.2, 0.25) is 0 Å². The first-order chi connectivity index (χ1) is 8.16. The van der Waals surface area contributed by atoms with Crippen LogP contribution < -0.4 is 0 Å². The summed E-state index contributed by atoms with van der Waals surface area (Å²) in [6, 6.07) is 7.78. The maximum Gasteiger partial charge on any atom is 0.309 e. The average molecular weight is 228 g/mol. The molecule has 0 aliphatic rings. The fraction of sp³-hybridized carbons (Fsp3) is 0.154. The van der Waals surface area contributed by atoms with Gasteiger partial charge < -0.3 is 5.11 Å². The van der Waals surface area contributed by atoms with Crippen molar-refractivity contribution < 1.29 is 9.90 Å². The molecule has 4 heteroatoms. The number of benzene rings is 1. The van der Waals surface area contributed by atoms with E-state index in [0.29, 0.717) is 11.4 Å². The van der Waals surface area contributed by atoms with Crippen molar-refractivity contribution in [1.29, 1.82) is 0 Å². The Bertz CT molecular complexity index is 535. The molecule has 0 aliphatic carbocycles. The Labute approximate surface area is 99.0 Å². The van der Waals surface area contributed by atoms with E-state index >= 15 is 0 Å². The van der Waals surface area contributed by atoms with Crippen LogP contribution in [0.25, 0.3) is 11.3 Å². The van der Waals surface area contributed by atoms with Crippen molar-refractivity contribution in [3.05, 3.63) is 47.9 Å². The number of carboxylic acid groups (broad SMARTS) is 1. The number of aromatic nitrogens is 2. The lowest BCUT2D eigenvalue weighted by Gasteiger charge is -2.05. The summed E-state index contributed by atoms with van der Waals surface area (Å²) in [5.41, 5.74) is 3.16. The highest BCUT2D eigenvalue weighted by atomic mass is 16.4. The molecule has 1 aromatic heterocycles. The zero-order valence-electron chi connectivity index (χ0n) is 9.42. The van der Waals surface area contributed by atoms with E-state index in [1.54, 1.807) is 6.20 Å². The van der Waals surface area contributed by atoms with Gasteiger partial charge in [-0.3, -0.25) is 14.8 Å². The molecule has 0 radical (unpaired) electrons. The van der Waals surface area contributed by atoms with Crippen molar-refractivity contribution in [2.45, 2.75) is 13.3 Å². The maximum absolute atomic E-state index is 10.7. The molecular formula is C13H12N2O2. The molecule has 2 rings (SSSR count). The van der Waals surface area contributed by atoms with Gasteiger partial charge in [0.1, 0.15) is 0 Å². The lowest BCUT2D eigenvalue weighted by atomic mass is 10.1. The minimum atomic E-state index is -0.904. The molecule has 0 atom stereocenters. The summed E-state index contributed by atoms with van der Waals surface area (Å²) in [6.45, 7) is 2.00. The Morgan fingerprint density at radius 2 is 1.82 bits per heavy atom. The zero-order chi connectivity index (χ0) is 12.3. The summed E-state index contributed by atoms with van der Waals surface area (Å²) in [5.74, 6) is -0.904. The third-order valence-electron chi connectivity index (χ3n) is 2.42. The Morgan fingerprint density at radius 1 is 1.18 bits per heavy atom. The zero-order valence-corrected chi connectivity index (χ0v) is 9.42. The van der Waals surface area contributed by atoms with Crippen LogP contribution in [-0.4, -0.2) is 21.0 Å². The molecule has 0 bridgehead atoms. The van der Waals surface area contributed by atoms with Crippen LogP contribution in [0, 0.1) is 6.92 Å². The third kappa shape index (κ3) is 2.66. The van der Waals surface area contributed by atoms with Crippen LogP contribution in [0.3, 0.4) is 0 Å². The minimum absolute atomic E-state index is 0.114. The molecule has 86 valence electrons. The fourth-order valence-corrected chi connectivity index (χ4v) is 1.59. The first-order valence-electron chi connectivity index (χ1n) is 5.25. The number of hydrogen-bond donors (Lipinski definition) is 1. The topological polar surface area (TPSA) is 63.1 Å². The van der Waals surface area contributed by atoms with Gasteiger partial charge in [0.25, 0.3) is 0 Å². The summed E-state index contributed by atoms with van der Waals surface area (Å²) in [4.78, 5) is 19.0. The normalized spacial score (nSPS) is 10.2. The quantitative estimate of drug-likeness (QED) is 0.873. The van der Waals surface area contributed by atoms with Gasteiger partial charge in [0, 0.05) is 18.0 Å². The predicted octanol–water partition coefficient (Wildman–Crippen LogP) is 2.08. The van der Waals surface area contributed by atoms with E-state index in [9.17, 15) is 4.79 Å². The Hall–Kier alpha value is -2.23. The van der Waals surface area contributed by atoms with Crippen LogP contribution in [0.4, 0.5) is 0 Å². The van der Waals surface area contributed by atoms with E-state index in [1.807, 2.05) is 31.2 Å². The minimum Gasteiger partial charge on any atom is -0.481 e. The van der Waals surface area contributed by atoms with Crippen molar-refractivity contribution in [2.24, 2.45) is 0 Å². The van der Waals surface area contributed by atoms with Crippen LogP contribution in [0.5, 0.6) is 0 Å². The molecule has 2 aromatic rings. The lowest BCUT2D eigenvalue weighted by molar-refractivity contribution is -0.136.